The summed E-state index contributed by atoms with van der Waals surface area (Å²) in [7, 11) is 1.58. The Labute approximate surface area is 222 Å². The predicted octanol–water partition coefficient (Wildman–Crippen LogP) is 1.71. The molecule has 0 unspecified atom stereocenters. The summed E-state index contributed by atoms with van der Waals surface area (Å²) in [5.74, 6) is -0.492. The lowest BCUT2D eigenvalue weighted by molar-refractivity contribution is -0.137. The molecule has 6 N–H and O–H groups in total. The lowest BCUT2D eigenvalue weighted by atomic mass is 10.0. The highest BCUT2D eigenvalue weighted by molar-refractivity contribution is 5.92. The van der Waals surface area contributed by atoms with Crippen LogP contribution in [-0.4, -0.2) is 72.5 Å². The number of fused-ring (bicyclic) bond motifs is 1. The Balaban J connectivity index is 1.47. The molecule has 1 aliphatic rings. The lowest BCUT2D eigenvalue weighted by Crippen LogP contribution is -2.59. The zero-order valence-electron chi connectivity index (χ0n) is 22.2. The first-order valence-electron chi connectivity index (χ1n) is 12.9. The van der Waals surface area contributed by atoms with Gasteiger partial charge >= 0.3 is 6.03 Å². The fourth-order valence-electron chi connectivity index (χ4n) is 4.69. The predicted molar refractivity (Wildman–Crippen MR) is 149 cm³/mol. The summed E-state index contributed by atoms with van der Waals surface area (Å²) < 4.78 is 0. The summed E-state index contributed by atoms with van der Waals surface area (Å²) in [6, 6.07) is 14.9. The maximum atomic E-state index is 13.7. The minimum absolute atomic E-state index is 0.123. The molecule has 2 heterocycles. The van der Waals surface area contributed by atoms with Gasteiger partial charge in [0.1, 0.15) is 6.04 Å². The SMILES string of the molecule is CNC(=O)NCc1ccccc1N1CCN(C(=O)[C@@H](Cc2c[nH]c3ccccc23)NC(=O)C(C)(C)N)CC1. The van der Waals surface area contributed by atoms with E-state index < -0.39 is 11.6 Å². The maximum Gasteiger partial charge on any atom is 0.314 e. The quantitative estimate of drug-likeness (QED) is 0.309. The van der Waals surface area contributed by atoms with Crippen molar-refractivity contribution in [2.75, 3.05) is 38.1 Å². The summed E-state index contributed by atoms with van der Waals surface area (Å²) in [5, 5.41) is 9.34. The second kappa shape index (κ2) is 11.6. The minimum Gasteiger partial charge on any atom is -0.368 e. The molecule has 4 amide bonds. The third-order valence-corrected chi connectivity index (χ3v) is 6.88. The average molecular weight is 520 g/mol. The molecule has 1 fully saturated rings. The number of aromatic nitrogens is 1. The molecule has 0 bridgehead atoms. The van der Waals surface area contributed by atoms with E-state index in [1.807, 2.05) is 59.6 Å². The molecule has 10 nitrogen and oxygen atoms in total. The van der Waals surface area contributed by atoms with Crippen LogP contribution in [0.15, 0.2) is 54.7 Å². The standard InChI is InChI=1S/C28H37N7O3/c1-28(2,29)26(37)33-23(16-20-18-31-22-10-6-5-9-21(20)22)25(36)35-14-12-34(13-15-35)24-11-7-4-8-19(24)17-32-27(38)30-3/h4-11,18,23,31H,12-17,29H2,1-3H3,(H,33,37)(H2,30,32,38)/t23-/m1/s1. The van der Waals surface area contributed by atoms with E-state index in [1.165, 1.54) is 0 Å². The van der Waals surface area contributed by atoms with Gasteiger partial charge in [-0.05, 0) is 37.1 Å². The molecule has 38 heavy (non-hydrogen) atoms. The zero-order chi connectivity index (χ0) is 27.3. The van der Waals surface area contributed by atoms with Crippen molar-refractivity contribution in [3.05, 3.63) is 65.9 Å². The first-order valence-corrected chi connectivity index (χ1v) is 12.9. The van der Waals surface area contributed by atoms with Crippen LogP contribution in [0.2, 0.25) is 0 Å². The van der Waals surface area contributed by atoms with E-state index in [-0.39, 0.29) is 17.8 Å². The van der Waals surface area contributed by atoms with E-state index in [0.717, 1.165) is 27.7 Å². The third-order valence-electron chi connectivity index (χ3n) is 6.88. The van der Waals surface area contributed by atoms with Crippen LogP contribution in [0.4, 0.5) is 10.5 Å². The van der Waals surface area contributed by atoms with Crippen LogP contribution in [0.3, 0.4) is 0 Å². The number of carbonyl (C=O) groups excluding carboxylic acids is 3. The van der Waals surface area contributed by atoms with Crippen LogP contribution in [0.25, 0.3) is 10.9 Å². The number of carbonyl (C=O) groups is 3. The van der Waals surface area contributed by atoms with Crippen LogP contribution >= 0.6 is 0 Å². The van der Waals surface area contributed by atoms with E-state index in [0.29, 0.717) is 39.1 Å². The van der Waals surface area contributed by atoms with Crippen molar-refractivity contribution in [2.45, 2.75) is 38.4 Å². The summed E-state index contributed by atoms with van der Waals surface area (Å²) in [6.45, 7) is 5.97. The highest BCUT2D eigenvalue weighted by atomic mass is 16.2. The zero-order valence-corrected chi connectivity index (χ0v) is 22.2. The molecule has 1 saturated heterocycles. The molecule has 0 radical (unpaired) electrons. The number of nitrogens with zero attached hydrogens (tertiary/aromatic N) is 2. The second-order valence-electron chi connectivity index (χ2n) is 10.2. The number of H-pyrrole nitrogens is 1. The highest BCUT2D eigenvalue weighted by Gasteiger charge is 2.33. The van der Waals surface area contributed by atoms with Gasteiger partial charge in [0, 0.05) is 69.0 Å². The first kappa shape index (κ1) is 27.0. The summed E-state index contributed by atoms with van der Waals surface area (Å²) in [4.78, 5) is 45.5. The van der Waals surface area contributed by atoms with E-state index in [4.69, 9.17) is 5.73 Å². The molecule has 4 rings (SSSR count). The molecular formula is C28H37N7O3. The Bertz CT molecular complexity index is 1290. The molecule has 10 heteroatoms. The molecule has 0 spiro atoms. The summed E-state index contributed by atoms with van der Waals surface area (Å²) in [6.07, 6.45) is 2.26. The summed E-state index contributed by atoms with van der Waals surface area (Å²) in [5.41, 5.74) is 8.92. The number of aromatic amines is 1. The average Bonchev–Trinajstić information content (AvgIpc) is 3.33. The van der Waals surface area contributed by atoms with Gasteiger partial charge in [0.15, 0.2) is 0 Å². The van der Waals surface area contributed by atoms with Crippen LogP contribution in [0.1, 0.15) is 25.0 Å². The smallest absolute Gasteiger partial charge is 0.314 e. The maximum absolute atomic E-state index is 13.7. The first-order chi connectivity index (χ1) is 18.2. The lowest BCUT2D eigenvalue weighted by Gasteiger charge is -2.38. The van der Waals surface area contributed by atoms with Gasteiger partial charge in [-0.25, -0.2) is 4.79 Å². The number of para-hydroxylation sites is 2. The van der Waals surface area contributed by atoms with Gasteiger partial charge in [0.2, 0.25) is 11.8 Å². The Morgan fingerprint density at radius 3 is 2.39 bits per heavy atom. The molecule has 0 aliphatic carbocycles. The number of amides is 4. The number of nitrogens with two attached hydrogens (primary N) is 1. The van der Waals surface area contributed by atoms with Gasteiger partial charge in [-0.15, -0.1) is 0 Å². The number of nitrogens with one attached hydrogen (secondary N) is 4. The van der Waals surface area contributed by atoms with Crippen LogP contribution < -0.4 is 26.6 Å². The molecule has 0 saturated carbocycles. The number of hydrogen-bond donors (Lipinski definition) is 5. The van der Waals surface area contributed by atoms with Crippen molar-refractivity contribution in [1.29, 1.82) is 0 Å². The molecule has 202 valence electrons. The Hall–Kier alpha value is -4.05. The normalized spacial score (nSPS) is 14.7. The molecule has 1 aromatic heterocycles. The van der Waals surface area contributed by atoms with Crippen molar-refractivity contribution in [1.82, 2.24) is 25.8 Å². The summed E-state index contributed by atoms with van der Waals surface area (Å²) >= 11 is 0. The van der Waals surface area contributed by atoms with E-state index in [1.54, 1.807) is 20.9 Å². The number of benzene rings is 2. The molecule has 1 aliphatic heterocycles. The van der Waals surface area contributed by atoms with E-state index >= 15 is 0 Å². The Kier molecular flexibility index (Phi) is 8.21. The molecule has 1 atom stereocenters. The molecular weight excluding hydrogens is 482 g/mol. The number of rotatable bonds is 8. The van der Waals surface area contributed by atoms with Crippen molar-refractivity contribution in [2.24, 2.45) is 5.73 Å². The largest absolute Gasteiger partial charge is 0.368 e. The van der Waals surface area contributed by atoms with Crippen LogP contribution in [-0.2, 0) is 22.6 Å². The molecule has 3 aromatic rings. The second-order valence-corrected chi connectivity index (χ2v) is 10.2. The van der Waals surface area contributed by atoms with Crippen molar-refractivity contribution in [3.63, 3.8) is 0 Å². The minimum atomic E-state index is -1.11. The Morgan fingerprint density at radius 1 is 1.00 bits per heavy atom. The third kappa shape index (κ3) is 6.25. The highest BCUT2D eigenvalue weighted by Crippen LogP contribution is 2.23. The van der Waals surface area contributed by atoms with Crippen molar-refractivity contribution < 1.29 is 14.4 Å². The number of urea groups is 1. The van der Waals surface area contributed by atoms with Gasteiger partial charge in [-0.1, -0.05) is 36.4 Å². The van der Waals surface area contributed by atoms with Gasteiger partial charge in [-0.3, -0.25) is 9.59 Å². The monoisotopic (exact) mass is 519 g/mol. The number of hydrogen-bond acceptors (Lipinski definition) is 5. The number of piperazine rings is 1. The molecule has 2 aromatic carbocycles. The van der Waals surface area contributed by atoms with Gasteiger partial charge < -0.3 is 36.5 Å². The fraction of sp³-hybridized carbons (Fsp3) is 0.393. The van der Waals surface area contributed by atoms with Gasteiger partial charge in [0.25, 0.3) is 0 Å². The topological polar surface area (TPSA) is 136 Å². The Morgan fingerprint density at radius 2 is 1.68 bits per heavy atom. The van der Waals surface area contributed by atoms with Gasteiger partial charge in [-0.2, -0.15) is 0 Å². The van der Waals surface area contributed by atoms with Crippen molar-refractivity contribution in [3.8, 4) is 0 Å². The van der Waals surface area contributed by atoms with E-state index in [9.17, 15) is 14.4 Å². The van der Waals surface area contributed by atoms with E-state index in [2.05, 4.69) is 25.8 Å². The van der Waals surface area contributed by atoms with Crippen molar-refractivity contribution >= 4 is 34.4 Å². The van der Waals surface area contributed by atoms with Crippen LogP contribution in [0.5, 0.6) is 0 Å². The van der Waals surface area contributed by atoms with Gasteiger partial charge in [0.05, 0.1) is 5.54 Å². The van der Waals surface area contributed by atoms with Crippen LogP contribution in [0, 0.1) is 0 Å². The number of anilines is 1. The fourth-order valence-corrected chi connectivity index (χ4v) is 4.69.